The van der Waals surface area contributed by atoms with Crippen LogP contribution in [0.3, 0.4) is 0 Å². The SMILES string of the molecule is CC[C@@H](NC(=O)N(C1CC1)[C@H](C)c1ccco1)c1nccs1. The molecule has 2 heterocycles. The van der Waals surface area contributed by atoms with Crippen molar-refractivity contribution < 1.29 is 9.21 Å². The number of nitrogens with zero attached hydrogens (tertiary/aromatic N) is 2. The predicted molar refractivity (Wildman–Crippen MR) is 85.7 cm³/mol. The second-order valence-electron chi connectivity index (χ2n) is 5.61. The Labute approximate surface area is 134 Å². The maximum Gasteiger partial charge on any atom is 0.318 e. The zero-order chi connectivity index (χ0) is 15.5. The minimum absolute atomic E-state index is 0.0300. The molecule has 0 bridgehead atoms. The molecule has 0 unspecified atom stereocenters. The van der Waals surface area contributed by atoms with Crippen LogP contribution < -0.4 is 5.32 Å². The first-order valence-corrected chi connectivity index (χ1v) is 8.60. The minimum atomic E-state index is -0.0590. The predicted octanol–water partition coefficient (Wildman–Crippen LogP) is 4.12. The minimum Gasteiger partial charge on any atom is -0.467 e. The summed E-state index contributed by atoms with van der Waals surface area (Å²) in [7, 11) is 0. The van der Waals surface area contributed by atoms with Crippen molar-refractivity contribution >= 4 is 17.4 Å². The summed E-state index contributed by atoms with van der Waals surface area (Å²) in [5, 5.41) is 6.02. The summed E-state index contributed by atoms with van der Waals surface area (Å²) in [6.07, 6.45) is 6.38. The number of thiazole rings is 1. The Balaban J connectivity index is 1.73. The largest absolute Gasteiger partial charge is 0.467 e. The molecule has 2 aromatic heterocycles. The van der Waals surface area contributed by atoms with Crippen LogP contribution >= 0.6 is 11.3 Å². The first-order valence-electron chi connectivity index (χ1n) is 7.72. The number of hydrogen-bond acceptors (Lipinski definition) is 4. The van der Waals surface area contributed by atoms with Crippen molar-refractivity contribution in [2.24, 2.45) is 0 Å². The normalized spacial score (nSPS) is 17.0. The molecule has 2 atom stereocenters. The topological polar surface area (TPSA) is 58.4 Å². The van der Waals surface area contributed by atoms with Crippen molar-refractivity contribution in [2.45, 2.75) is 51.2 Å². The average molecular weight is 319 g/mol. The third kappa shape index (κ3) is 3.16. The number of amides is 2. The molecule has 0 radical (unpaired) electrons. The lowest BCUT2D eigenvalue weighted by atomic mass is 10.2. The highest BCUT2D eigenvalue weighted by Gasteiger charge is 2.38. The lowest BCUT2D eigenvalue weighted by Gasteiger charge is -2.30. The second kappa shape index (κ2) is 6.52. The highest BCUT2D eigenvalue weighted by molar-refractivity contribution is 7.09. The van der Waals surface area contributed by atoms with Crippen LogP contribution in [-0.4, -0.2) is 22.0 Å². The number of carbonyl (C=O) groups excluding carboxylic acids is 1. The van der Waals surface area contributed by atoms with Crippen molar-refractivity contribution in [1.29, 1.82) is 0 Å². The molecule has 1 aliphatic rings. The molecular formula is C16H21N3O2S. The molecular weight excluding hydrogens is 298 g/mol. The quantitative estimate of drug-likeness (QED) is 0.871. The summed E-state index contributed by atoms with van der Waals surface area (Å²) in [6.45, 7) is 4.07. The Bertz CT molecular complexity index is 593. The Morgan fingerprint density at radius 3 is 2.95 bits per heavy atom. The van der Waals surface area contributed by atoms with Crippen LogP contribution in [0.5, 0.6) is 0 Å². The van der Waals surface area contributed by atoms with E-state index < -0.39 is 0 Å². The van der Waals surface area contributed by atoms with Crippen LogP contribution in [0, 0.1) is 0 Å². The summed E-state index contributed by atoms with van der Waals surface area (Å²) in [4.78, 5) is 19.0. The number of aromatic nitrogens is 1. The van der Waals surface area contributed by atoms with Gasteiger partial charge in [0, 0.05) is 17.6 Å². The molecule has 1 N–H and O–H groups in total. The number of carbonyl (C=O) groups is 1. The van der Waals surface area contributed by atoms with E-state index in [4.69, 9.17) is 4.42 Å². The maximum absolute atomic E-state index is 12.8. The molecule has 1 saturated carbocycles. The summed E-state index contributed by atoms with van der Waals surface area (Å²) >= 11 is 1.58. The van der Waals surface area contributed by atoms with E-state index in [0.29, 0.717) is 6.04 Å². The Hall–Kier alpha value is -1.82. The van der Waals surface area contributed by atoms with E-state index in [2.05, 4.69) is 17.2 Å². The third-order valence-electron chi connectivity index (χ3n) is 4.00. The molecule has 118 valence electrons. The monoisotopic (exact) mass is 319 g/mol. The van der Waals surface area contributed by atoms with Gasteiger partial charge in [-0.25, -0.2) is 9.78 Å². The molecule has 5 nitrogen and oxygen atoms in total. The lowest BCUT2D eigenvalue weighted by molar-refractivity contribution is 0.162. The van der Waals surface area contributed by atoms with Gasteiger partial charge in [-0.15, -0.1) is 11.3 Å². The number of rotatable bonds is 6. The molecule has 2 aromatic rings. The van der Waals surface area contributed by atoms with Crippen molar-refractivity contribution in [3.8, 4) is 0 Å². The van der Waals surface area contributed by atoms with Crippen molar-refractivity contribution in [2.75, 3.05) is 0 Å². The van der Waals surface area contributed by atoms with Gasteiger partial charge in [0.1, 0.15) is 10.8 Å². The zero-order valence-electron chi connectivity index (χ0n) is 12.9. The Morgan fingerprint density at radius 1 is 1.59 bits per heavy atom. The fourth-order valence-corrected chi connectivity index (χ4v) is 3.42. The smallest absolute Gasteiger partial charge is 0.318 e. The molecule has 3 rings (SSSR count). The standard InChI is InChI=1S/C16H21N3O2S/c1-3-13(15-17-8-10-22-15)18-16(20)19(12-6-7-12)11(2)14-5-4-9-21-14/h4-5,8-13H,3,6-7H2,1-2H3,(H,18,20)/t11-,13-/m1/s1. The van der Waals surface area contributed by atoms with E-state index >= 15 is 0 Å². The van der Waals surface area contributed by atoms with Crippen molar-refractivity contribution in [1.82, 2.24) is 15.2 Å². The Morgan fingerprint density at radius 2 is 2.41 bits per heavy atom. The van der Waals surface area contributed by atoms with Gasteiger partial charge in [-0.05, 0) is 38.3 Å². The lowest BCUT2D eigenvalue weighted by Crippen LogP contribution is -2.44. The molecule has 6 heteroatoms. The third-order valence-corrected chi connectivity index (χ3v) is 4.89. The first kappa shape index (κ1) is 15.1. The van der Waals surface area contributed by atoms with Crippen LogP contribution in [0.1, 0.15) is 56.0 Å². The van der Waals surface area contributed by atoms with E-state index in [1.54, 1.807) is 23.8 Å². The van der Waals surface area contributed by atoms with Crippen LogP contribution in [0.2, 0.25) is 0 Å². The van der Waals surface area contributed by atoms with Gasteiger partial charge in [0.15, 0.2) is 0 Å². The summed E-state index contributed by atoms with van der Waals surface area (Å²) in [5.74, 6) is 0.823. The van der Waals surface area contributed by atoms with Gasteiger partial charge in [0.25, 0.3) is 0 Å². The number of nitrogens with one attached hydrogen (secondary N) is 1. The van der Waals surface area contributed by atoms with Crippen molar-refractivity contribution in [3.05, 3.63) is 40.7 Å². The fourth-order valence-electron chi connectivity index (χ4n) is 2.65. The summed E-state index contributed by atoms with van der Waals surface area (Å²) < 4.78 is 5.48. The fraction of sp³-hybridized carbons (Fsp3) is 0.500. The van der Waals surface area contributed by atoms with E-state index in [0.717, 1.165) is 30.0 Å². The van der Waals surface area contributed by atoms with E-state index in [9.17, 15) is 4.79 Å². The molecule has 22 heavy (non-hydrogen) atoms. The van der Waals surface area contributed by atoms with Gasteiger partial charge in [-0.3, -0.25) is 0 Å². The van der Waals surface area contributed by atoms with Crippen LogP contribution in [0.25, 0.3) is 0 Å². The van der Waals surface area contributed by atoms with Gasteiger partial charge in [-0.1, -0.05) is 6.92 Å². The highest BCUT2D eigenvalue weighted by Crippen LogP contribution is 2.35. The number of urea groups is 1. The zero-order valence-corrected chi connectivity index (χ0v) is 13.7. The van der Waals surface area contributed by atoms with Gasteiger partial charge in [-0.2, -0.15) is 0 Å². The highest BCUT2D eigenvalue weighted by atomic mass is 32.1. The van der Waals surface area contributed by atoms with Crippen LogP contribution in [0.15, 0.2) is 34.4 Å². The number of hydrogen-bond donors (Lipinski definition) is 1. The maximum atomic E-state index is 12.8. The molecule has 1 fully saturated rings. The van der Waals surface area contributed by atoms with Gasteiger partial charge in [0.05, 0.1) is 18.3 Å². The van der Waals surface area contributed by atoms with Crippen LogP contribution in [-0.2, 0) is 0 Å². The van der Waals surface area contributed by atoms with Gasteiger partial charge < -0.3 is 14.6 Å². The van der Waals surface area contributed by atoms with Gasteiger partial charge in [0.2, 0.25) is 0 Å². The van der Waals surface area contributed by atoms with E-state index in [-0.39, 0.29) is 18.1 Å². The van der Waals surface area contributed by atoms with Crippen LogP contribution in [0.4, 0.5) is 4.79 Å². The molecule has 0 spiro atoms. The van der Waals surface area contributed by atoms with Gasteiger partial charge >= 0.3 is 6.03 Å². The molecule has 2 amide bonds. The molecule has 1 aliphatic carbocycles. The second-order valence-corrected chi connectivity index (χ2v) is 6.54. The van der Waals surface area contributed by atoms with E-state index in [1.807, 2.05) is 29.3 Å². The summed E-state index contributed by atoms with van der Waals surface area (Å²) in [6, 6.07) is 3.97. The van der Waals surface area contributed by atoms with E-state index in [1.165, 1.54) is 0 Å². The van der Waals surface area contributed by atoms with Crippen molar-refractivity contribution in [3.63, 3.8) is 0 Å². The molecule has 0 aromatic carbocycles. The molecule has 0 aliphatic heterocycles. The average Bonchev–Trinajstić information content (AvgIpc) is 3.01. The number of furan rings is 1. The first-order chi connectivity index (χ1) is 10.7. The Kier molecular flexibility index (Phi) is 4.47. The molecule has 0 saturated heterocycles. The summed E-state index contributed by atoms with van der Waals surface area (Å²) in [5.41, 5.74) is 0.